The van der Waals surface area contributed by atoms with Gasteiger partial charge in [-0.3, -0.25) is 15.0 Å². The Morgan fingerprint density at radius 1 is 1.55 bits per heavy atom. The molecule has 2 aliphatic rings. The summed E-state index contributed by atoms with van der Waals surface area (Å²) in [6.45, 7) is 5.60. The molecule has 0 spiro atoms. The second-order valence-electron chi connectivity index (χ2n) is 6.34. The monoisotopic (exact) mass is 308 g/mol. The molecule has 122 valence electrons. The Kier molecular flexibility index (Phi) is 4.20. The Hall–Kier alpha value is -1.44. The fourth-order valence-electron chi connectivity index (χ4n) is 3.03. The number of nitrogens with one attached hydrogen (secondary N) is 1. The van der Waals surface area contributed by atoms with Crippen LogP contribution >= 0.6 is 0 Å². The van der Waals surface area contributed by atoms with E-state index in [2.05, 4.69) is 27.2 Å². The topological polar surface area (TPSA) is 81.8 Å². The van der Waals surface area contributed by atoms with Crippen LogP contribution in [-0.4, -0.2) is 65.2 Å². The van der Waals surface area contributed by atoms with E-state index in [1.54, 1.807) is 6.07 Å². The van der Waals surface area contributed by atoms with Crippen LogP contribution in [0.1, 0.15) is 31.9 Å². The molecule has 1 unspecified atom stereocenters. The maximum absolute atomic E-state index is 12.5. The number of likely N-dealkylation sites (N-methyl/N-ethyl adjacent to an activating group) is 2. The third kappa shape index (κ3) is 2.88. The first-order chi connectivity index (χ1) is 10.5. The zero-order valence-corrected chi connectivity index (χ0v) is 13.2. The number of rotatable bonds is 4. The molecule has 1 aromatic rings. The molecule has 3 rings (SSSR count). The standard InChI is InChI=1S/C15H24N4O3/c1-3-19-8-7-18(2)11(10-19)14(20)16-13-9-12(17-22-13)15(21)5-4-6-15/h9,11,21H,3-8,10H2,1-2H3,(H,16,20). The Balaban J connectivity index is 1.63. The van der Waals surface area contributed by atoms with Crippen LogP contribution in [0.4, 0.5) is 5.88 Å². The van der Waals surface area contributed by atoms with Gasteiger partial charge in [0.1, 0.15) is 17.3 Å². The van der Waals surface area contributed by atoms with E-state index >= 15 is 0 Å². The molecule has 0 radical (unpaired) electrons. The number of aliphatic hydroxyl groups is 1. The Morgan fingerprint density at radius 3 is 2.95 bits per heavy atom. The third-order valence-electron chi connectivity index (χ3n) is 4.90. The van der Waals surface area contributed by atoms with Gasteiger partial charge in [0, 0.05) is 25.7 Å². The molecule has 7 heteroatoms. The van der Waals surface area contributed by atoms with Crippen molar-refractivity contribution in [3.05, 3.63) is 11.8 Å². The predicted octanol–water partition coefficient (Wildman–Crippen LogP) is 0.620. The van der Waals surface area contributed by atoms with Gasteiger partial charge < -0.3 is 14.5 Å². The molecular formula is C15H24N4O3. The van der Waals surface area contributed by atoms with Crippen molar-refractivity contribution >= 4 is 11.8 Å². The average molecular weight is 308 g/mol. The van der Waals surface area contributed by atoms with Gasteiger partial charge in [0.25, 0.3) is 0 Å². The summed E-state index contributed by atoms with van der Waals surface area (Å²) in [7, 11) is 1.96. The van der Waals surface area contributed by atoms with Crippen LogP contribution in [0.25, 0.3) is 0 Å². The fourth-order valence-corrected chi connectivity index (χ4v) is 3.03. The molecule has 7 nitrogen and oxygen atoms in total. The highest BCUT2D eigenvalue weighted by Gasteiger charge is 2.39. The van der Waals surface area contributed by atoms with E-state index in [1.165, 1.54) is 0 Å². The Morgan fingerprint density at radius 2 is 2.32 bits per heavy atom. The zero-order valence-electron chi connectivity index (χ0n) is 13.2. The largest absolute Gasteiger partial charge is 0.383 e. The lowest BCUT2D eigenvalue weighted by atomic mass is 9.78. The number of anilines is 1. The molecule has 2 N–H and O–H groups in total. The third-order valence-corrected chi connectivity index (χ3v) is 4.90. The number of piperazine rings is 1. The number of amides is 1. The summed E-state index contributed by atoms with van der Waals surface area (Å²) in [6.07, 6.45) is 2.39. The van der Waals surface area contributed by atoms with Crippen molar-refractivity contribution in [2.24, 2.45) is 0 Å². The van der Waals surface area contributed by atoms with Gasteiger partial charge in [-0.15, -0.1) is 0 Å². The van der Waals surface area contributed by atoms with Crippen molar-refractivity contribution < 1.29 is 14.4 Å². The van der Waals surface area contributed by atoms with E-state index < -0.39 is 5.60 Å². The first kappa shape index (κ1) is 15.5. The lowest BCUT2D eigenvalue weighted by molar-refractivity contribution is -0.123. The number of nitrogens with zero attached hydrogens (tertiary/aromatic N) is 3. The van der Waals surface area contributed by atoms with Gasteiger partial charge in [-0.1, -0.05) is 12.1 Å². The fraction of sp³-hybridized carbons (Fsp3) is 0.733. The molecule has 0 bridgehead atoms. The summed E-state index contributed by atoms with van der Waals surface area (Å²) in [4.78, 5) is 16.8. The first-order valence-electron chi connectivity index (χ1n) is 7.95. The van der Waals surface area contributed by atoms with E-state index in [0.29, 0.717) is 31.0 Å². The molecule has 1 aliphatic carbocycles. The van der Waals surface area contributed by atoms with E-state index in [-0.39, 0.29) is 11.9 Å². The van der Waals surface area contributed by atoms with Crippen molar-refractivity contribution in [3.8, 4) is 0 Å². The van der Waals surface area contributed by atoms with Crippen LogP contribution in [0.2, 0.25) is 0 Å². The van der Waals surface area contributed by atoms with Crippen molar-refractivity contribution in [1.29, 1.82) is 0 Å². The summed E-state index contributed by atoms with van der Waals surface area (Å²) in [5.74, 6) is 0.214. The second-order valence-corrected chi connectivity index (χ2v) is 6.34. The Labute approximate surface area is 130 Å². The van der Waals surface area contributed by atoms with Crippen molar-refractivity contribution in [3.63, 3.8) is 0 Å². The van der Waals surface area contributed by atoms with E-state index in [4.69, 9.17) is 4.52 Å². The van der Waals surface area contributed by atoms with Gasteiger partial charge in [-0.25, -0.2) is 0 Å². The molecule has 2 heterocycles. The van der Waals surface area contributed by atoms with Crippen molar-refractivity contribution in [1.82, 2.24) is 15.0 Å². The van der Waals surface area contributed by atoms with Crippen LogP contribution in [-0.2, 0) is 10.4 Å². The number of hydrogen-bond acceptors (Lipinski definition) is 6. The molecule has 1 amide bonds. The maximum Gasteiger partial charge on any atom is 0.245 e. The number of hydrogen-bond donors (Lipinski definition) is 2. The zero-order chi connectivity index (χ0) is 15.7. The summed E-state index contributed by atoms with van der Waals surface area (Å²) >= 11 is 0. The van der Waals surface area contributed by atoms with Gasteiger partial charge >= 0.3 is 0 Å². The molecule has 1 aliphatic heterocycles. The number of aromatic nitrogens is 1. The quantitative estimate of drug-likeness (QED) is 0.848. The van der Waals surface area contributed by atoms with Crippen LogP contribution < -0.4 is 5.32 Å². The molecule has 22 heavy (non-hydrogen) atoms. The molecule has 0 aromatic carbocycles. The van der Waals surface area contributed by atoms with Gasteiger partial charge in [-0.2, -0.15) is 0 Å². The summed E-state index contributed by atoms with van der Waals surface area (Å²) < 4.78 is 5.16. The van der Waals surface area contributed by atoms with Crippen LogP contribution in [0.3, 0.4) is 0 Å². The molecule has 1 saturated heterocycles. The summed E-state index contributed by atoms with van der Waals surface area (Å²) in [5, 5.41) is 16.9. The van der Waals surface area contributed by atoms with Crippen LogP contribution in [0.15, 0.2) is 10.6 Å². The van der Waals surface area contributed by atoms with Gasteiger partial charge in [0.15, 0.2) is 0 Å². The highest BCUT2D eigenvalue weighted by atomic mass is 16.5. The molecule has 1 saturated carbocycles. The number of carbonyl (C=O) groups excluding carboxylic acids is 1. The normalized spacial score (nSPS) is 25.7. The van der Waals surface area contributed by atoms with E-state index in [0.717, 1.165) is 26.1 Å². The minimum Gasteiger partial charge on any atom is -0.383 e. The van der Waals surface area contributed by atoms with Crippen LogP contribution in [0, 0.1) is 0 Å². The summed E-state index contributed by atoms with van der Waals surface area (Å²) in [6, 6.07) is 1.44. The maximum atomic E-state index is 12.5. The lowest BCUT2D eigenvalue weighted by Crippen LogP contribution is -2.56. The first-order valence-corrected chi connectivity index (χ1v) is 7.95. The molecule has 1 atom stereocenters. The lowest BCUT2D eigenvalue weighted by Gasteiger charge is -2.37. The molecular weight excluding hydrogens is 284 g/mol. The Bertz CT molecular complexity index is 541. The highest BCUT2D eigenvalue weighted by molar-refractivity contribution is 5.94. The molecule has 1 aromatic heterocycles. The minimum atomic E-state index is -0.868. The van der Waals surface area contributed by atoms with Crippen molar-refractivity contribution in [2.45, 2.75) is 37.8 Å². The van der Waals surface area contributed by atoms with E-state index in [1.807, 2.05) is 7.05 Å². The van der Waals surface area contributed by atoms with E-state index in [9.17, 15) is 9.90 Å². The molecule has 2 fully saturated rings. The second kappa shape index (κ2) is 5.98. The number of carbonyl (C=O) groups is 1. The average Bonchev–Trinajstić information content (AvgIpc) is 2.94. The smallest absolute Gasteiger partial charge is 0.245 e. The van der Waals surface area contributed by atoms with Gasteiger partial charge in [0.05, 0.1) is 0 Å². The van der Waals surface area contributed by atoms with Gasteiger partial charge in [-0.05, 0) is 32.9 Å². The van der Waals surface area contributed by atoms with Crippen LogP contribution in [0.5, 0.6) is 0 Å². The predicted molar refractivity (Wildman–Crippen MR) is 81.4 cm³/mol. The summed E-state index contributed by atoms with van der Waals surface area (Å²) in [5.41, 5.74) is -0.353. The highest BCUT2D eigenvalue weighted by Crippen LogP contribution is 2.41. The van der Waals surface area contributed by atoms with Crippen molar-refractivity contribution in [2.75, 3.05) is 38.5 Å². The minimum absolute atomic E-state index is 0.0936. The SMILES string of the molecule is CCN1CCN(C)C(C(=O)Nc2cc(C3(O)CCC3)no2)C1. The van der Waals surface area contributed by atoms with Gasteiger partial charge in [0.2, 0.25) is 11.8 Å².